The van der Waals surface area contributed by atoms with E-state index in [4.69, 9.17) is 9.72 Å². The molecule has 0 unspecified atom stereocenters. The number of aromatic nitrogens is 2. The molecule has 0 aliphatic carbocycles. The first-order chi connectivity index (χ1) is 28.2. The number of imidazole rings is 1. The molecule has 0 saturated heterocycles. The summed E-state index contributed by atoms with van der Waals surface area (Å²) in [5, 5.41) is 6.64. The molecule has 3 aliphatic heterocycles. The van der Waals surface area contributed by atoms with Gasteiger partial charge in [-0.25, -0.2) is 9.78 Å². The maximum absolute atomic E-state index is 13.0. The van der Waals surface area contributed by atoms with E-state index in [0.29, 0.717) is 24.9 Å². The Morgan fingerprint density at radius 1 is 0.724 bits per heavy atom. The van der Waals surface area contributed by atoms with Crippen molar-refractivity contribution in [1.82, 2.24) is 14.5 Å². The first-order valence-electron chi connectivity index (χ1n) is 20.7. The van der Waals surface area contributed by atoms with Crippen LogP contribution in [0.3, 0.4) is 0 Å². The third-order valence-corrected chi connectivity index (χ3v) is 11.8. The topological polar surface area (TPSA) is 112 Å². The average Bonchev–Trinajstić information content (AvgIpc) is 3.63. The second-order valence-corrected chi connectivity index (χ2v) is 15.8. The van der Waals surface area contributed by atoms with Crippen LogP contribution in [0.15, 0.2) is 103 Å². The van der Waals surface area contributed by atoms with Gasteiger partial charge in [0, 0.05) is 91.9 Å². The van der Waals surface area contributed by atoms with Crippen LogP contribution >= 0.6 is 0 Å². The minimum atomic E-state index is -0.514. The van der Waals surface area contributed by atoms with Crippen molar-refractivity contribution < 1.29 is 19.1 Å². The van der Waals surface area contributed by atoms with Crippen LogP contribution in [0, 0.1) is 0 Å². The lowest BCUT2D eigenvalue weighted by atomic mass is 9.91. The molecule has 0 bridgehead atoms. The van der Waals surface area contributed by atoms with Crippen molar-refractivity contribution in [3.63, 3.8) is 0 Å². The third kappa shape index (κ3) is 8.09. The first kappa shape index (κ1) is 38.9. The average molecular weight is 780 g/mol. The van der Waals surface area contributed by atoms with Crippen LogP contribution in [0.1, 0.15) is 99.3 Å². The van der Waals surface area contributed by atoms with Crippen LogP contribution < -0.4 is 20.4 Å². The Hall–Kier alpha value is -5.94. The third-order valence-electron chi connectivity index (χ3n) is 11.8. The van der Waals surface area contributed by atoms with E-state index >= 15 is 0 Å². The van der Waals surface area contributed by atoms with Gasteiger partial charge in [0.15, 0.2) is 0 Å². The van der Waals surface area contributed by atoms with Crippen LogP contribution in [0.4, 0.5) is 27.5 Å². The van der Waals surface area contributed by atoms with Gasteiger partial charge in [-0.3, -0.25) is 19.8 Å². The van der Waals surface area contributed by atoms with Crippen molar-refractivity contribution in [3.8, 4) is 0 Å². The second kappa shape index (κ2) is 16.9. The number of anilines is 4. The number of para-hydroxylation sites is 2. The highest BCUT2D eigenvalue weighted by Crippen LogP contribution is 2.41. The lowest BCUT2D eigenvalue weighted by Crippen LogP contribution is -2.44. The molecule has 0 saturated carbocycles. The highest BCUT2D eigenvalue weighted by atomic mass is 16.6. The molecule has 0 fully saturated rings. The summed E-state index contributed by atoms with van der Waals surface area (Å²) < 4.78 is 8.28. The number of rotatable bonds is 10. The molecule has 4 heterocycles. The molecule has 11 heteroatoms. The van der Waals surface area contributed by atoms with E-state index < -0.39 is 12.2 Å². The SMILES string of the molecule is CCC(=O)N1c2ccccc2[C@H](Nc2ccc(Cc3cnc4n3CCN(Cc3ccc(NC(=O)O[C@@H]5C[C@H](C)N(C(=O)CC)c6ccccc65)cc3)C4)cc2)C[C@@H]1C. The fourth-order valence-corrected chi connectivity index (χ4v) is 8.93. The van der Waals surface area contributed by atoms with Crippen LogP contribution in [0.2, 0.25) is 0 Å². The number of hydrogen-bond acceptors (Lipinski definition) is 7. The predicted molar refractivity (Wildman–Crippen MR) is 228 cm³/mol. The van der Waals surface area contributed by atoms with Crippen molar-refractivity contribution >= 4 is 40.7 Å². The molecule has 0 spiro atoms. The molecule has 3 amide bonds. The zero-order valence-electron chi connectivity index (χ0n) is 33.9. The smallest absolute Gasteiger partial charge is 0.412 e. The lowest BCUT2D eigenvalue weighted by Gasteiger charge is -2.40. The monoisotopic (exact) mass is 779 g/mol. The van der Waals surface area contributed by atoms with Crippen molar-refractivity contribution in [3.05, 3.63) is 137 Å². The van der Waals surface area contributed by atoms with Gasteiger partial charge in [0.25, 0.3) is 0 Å². The summed E-state index contributed by atoms with van der Waals surface area (Å²) in [6.45, 7) is 11.2. The van der Waals surface area contributed by atoms with Crippen molar-refractivity contribution in [1.29, 1.82) is 0 Å². The Morgan fingerprint density at radius 3 is 2.02 bits per heavy atom. The molecule has 4 aromatic carbocycles. The van der Waals surface area contributed by atoms with Gasteiger partial charge in [0.2, 0.25) is 11.8 Å². The number of carbonyl (C=O) groups is 3. The number of amides is 3. The Morgan fingerprint density at radius 2 is 1.33 bits per heavy atom. The number of fused-ring (bicyclic) bond motifs is 3. The van der Waals surface area contributed by atoms with Gasteiger partial charge in [0.05, 0.1) is 18.3 Å². The number of nitrogens with one attached hydrogen (secondary N) is 2. The van der Waals surface area contributed by atoms with Gasteiger partial charge in [-0.05, 0) is 73.4 Å². The normalized spacial score (nSPS) is 20.1. The first-order valence-corrected chi connectivity index (χ1v) is 20.7. The molecule has 1 aromatic heterocycles. The number of carbonyl (C=O) groups excluding carboxylic acids is 3. The van der Waals surface area contributed by atoms with E-state index in [9.17, 15) is 14.4 Å². The summed E-state index contributed by atoms with van der Waals surface area (Å²) in [7, 11) is 0. The fraction of sp³-hybridized carbons (Fsp3) is 0.362. The van der Waals surface area contributed by atoms with Gasteiger partial charge in [-0.2, -0.15) is 0 Å². The summed E-state index contributed by atoms with van der Waals surface area (Å²) in [5.41, 5.74) is 9.17. The molecule has 300 valence electrons. The number of hydrogen-bond donors (Lipinski definition) is 2. The minimum Gasteiger partial charge on any atom is -0.441 e. The largest absolute Gasteiger partial charge is 0.441 e. The molecule has 58 heavy (non-hydrogen) atoms. The fourth-order valence-electron chi connectivity index (χ4n) is 8.93. The van der Waals surface area contributed by atoms with Gasteiger partial charge >= 0.3 is 6.09 Å². The highest BCUT2D eigenvalue weighted by Gasteiger charge is 2.35. The Balaban J connectivity index is 0.833. The zero-order valence-corrected chi connectivity index (χ0v) is 33.9. The number of benzene rings is 4. The van der Waals surface area contributed by atoms with E-state index in [1.165, 1.54) is 11.3 Å². The molecule has 4 atom stereocenters. The van der Waals surface area contributed by atoms with E-state index in [2.05, 4.69) is 69.5 Å². The Labute approximate surface area is 341 Å². The van der Waals surface area contributed by atoms with E-state index in [0.717, 1.165) is 78.6 Å². The van der Waals surface area contributed by atoms with E-state index in [1.54, 1.807) is 0 Å². The van der Waals surface area contributed by atoms with Gasteiger partial charge in [-0.15, -0.1) is 0 Å². The van der Waals surface area contributed by atoms with E-state index in [1.807, 2.05) is 91.4 Å². The summed E-state index contributed by atoms with van der Waals surface area (Å²) in [5.74, 6) is 1.30. The summed E-state index contributed by atoms with van der Waals surface area (Å²) in [6.07, 6.45) is 4.17. The molecule has 3 aliphatic rings. The summed E-state index contributed by atoms with van der Waals surface area (Å²) in [4.78, 5) is 49.5. The highest BCUT2D eigenvalue weighted by molar-refractivity contribution is 5.96. The van der Waals surface area contributed by atoms with Crippen LogP contribution in [-0.4, -0.2) is 51.0 Å². The molecule has 11 nitrogen and oxygen atoms in total. The standard InChI is InChI=1S/C47H53N7O4/c1-5-45(55)53-31(3)25-40(38-11-7-9-13-41(38)53)49-35-19-15-33(16-20-35)27-37-28-48-44-30-51(23-24-52(37)44)29-34-17-21-36(22-18-34)50-47(57)58-43-26-32(4)54(46(56)6-2)42-14-10-8-12-39(42)43/h7-22,28,31-32,40,43,49H,5-6,23-27,29-30H2,1-4H3,(H,50,57)/t31-,32-,40+,43+/m0/s1. The van der Waals surface area contributed by atoms with Crippen molar-refractivity contribution in [2.75, 3.05) is 27.0 Å². The molecule has 2 N–H and O–H groups in total. The predicted octanol–water partition coefficient (Wildman–Crippen LogP) is 9.00. The summed E-state index contributed by atoms with van der Waals surface area (Å²) >= 11 is 0. The maximum atomic E-state index is 13.0. The molecular formula is C47H53N7O4. The quantitative estimate of drug-likeness (QED) is 0.146. The van der Waals surface area contributed by atoms with Crippen molar-refractivity contribution in [2.24, 2.45) is 0 Å². The Bertz CT molecular complexity index is 2270. The number of nitrogens with zero attached hydrogens (tertiary/aromatic N) is 5. The zero-order chi connectivity index (χ0) is 40.3. The lowest BCUT2D eigenvalue weighted by molar-refractivity contribution is -0.119. The van der Waals surface area contributed by atoms with Gasteiger partial charge < -0.3 is 24.4 Å². The maximum Gasteiger partial charge on any atom is 0.412 e. The van der Waals surface area contributed by atoms with E-state index in [-0.39, 0.29) is 29.9 Å². The molecule has 8 rings (SSSR count). The van der Waals surface area contributed by atoms with Crippen LogP contribution in [0.25, 0.3) is 0 Å². The van der Waals surface area contributed by atoms with Gasteiger partial charge in [0.1, 0.15) is 11.9 Å². The van der Waals surface area contributed by atoms with Crippen LogP contribution in [-0.2, 0) is 40.4 Å². The second-order valence-electron chi connectivity index (χ2n) is 15.8. The molecule has 5 aromatic rings. The van der Waals surface area contributed by atoms with Crippen LogP contribution in [0.5, 0.6) is 0 Å². The molecular weight excluding hydrogens is 727 g/mol. The minimum absolute atomic E-state index is 0.0617. The van der Waals surface area contributed by atoms with Crippen molar-refractivity contribution in [2.45, 2.75) is 104 Å². The summed E-state index contributed by atoms with van der Waals surface area (Å²) in [6, 6.07) is 32.7. The Kier molecular flexibility index (Phi) is 11.3. The number of ether oxygens (including phenoxy) is 1. The van der Waals surface area contributed by atoms with Gasteiger partial charge in [-0.1, -0.05) is 74.5 Å². The molecule has 0 radical (unpaired) electrons.